The van der Waals surface area contributed by atoms with Crippen molar-refractivity contribution in [3.8, 4) is 0 Å². The summed E-state index contributed by atoms with van der Waals surface area (Å²) >= 11 is 0. The molecule has 0 spiro atoms. The Hall–Kier alpha value is -1.06. The van der Waals surface area contributed by atoms with E-state index < -0.39 is 0 Å². The first-order valence-corrected chi connectivity index (χ1v) is 7.88. The molecule has 0 aliphatic carbocycles. The van der Waals surface area contributed by atoms with Crippen molar-refractivity contribution < 1.29 is 9.59 Å². The highest BCUT2D eigenvalue weighted by atomic mass is 16.2. The maximum absolute atomic E-state index is 12.6. The topological polar surface area (TPSA) is 49.4 Å². The van der Waals surface area contributed by atoms with Crippen molar-refractivity contribution in [2.45, 2.75) is 66.5 Å². The lowest BCUT2D eigenvalue weighted by molar-refractivity contribution is -0.150. The van der Waals surface area contributed by atoms with Gasteiger partial charge in [0.15, 0.2) is 0 Å². The van der Waals surface area contributed by atoms with Crippen LogP contribution in [-0.2, 0) is 9.59 Å². The predicted molar refractivity (Wildman–Crippen MR) is 81.2 cm³/mol. The zero-order chi connectivity index (χ0) is 15.4. The molecule has 4 nitrogen and oxygen atoms in total. The minimum Gasteiger partial charge on any atom is -0.342 e. The smallest absolute Gasteiger partial charge is 0.245 e. The van der Waals surface area contributed by atoms with E-state index in [9.17, 15) is 9.59 Å². The van der Waals surface area contributed by atoms with E-state index in [2.05, 4.69) is 39.9 Å². The first-order valence-electron chi connectivity index (χ1n) is 7.88. The molecule has 1 rings (SSSR count). The van der Waals surface area contributed by atoms with Crippen LogP contribution in [0.3, 0.4) is 0 Å². The van der Waals surface area contributed by atoms with E-state index in [1.807, 2.05) is 11.8 Å². The van der Waals surface area contributed by atoms with Gasteiger partial charge in [-0.25, -0.2) is 0 Å². The van der Waals surface area contributed by atoms with Crippen LogP contribution >= 0.6 is 0 Å². The number of amides is 2. The molecule has 1 aliphatic rings. The van der Waals surface area contributed by atoms with Crippen molar-refractivity contribution in [1.82, 2.24) is 10.2 Å². The van der Waals surface area contributed by atoms with Gasteiger partial charge in [0.1, 0.15) is 12.1 Å². The van der Waals surface area contributed by atoms with Crippen LogP contribution in [0.4, 0.5) is 0 Å². The number of hydrogen-bond donors (Lipinski definition) is 1. The summed E-state index contributed by atoms with van der Waals surface area (Å²) in [4.78, 5) is 26.7. The van der Waals surface area contributed by atoms with Crippen molar-refractivity contribution in [2.75, 3.05) is 6.54 Å². The van der Waals surface area contributed by atoms with Gasteiger partial charge in [0.25, 0.3) is 0 Å². The highest BCUT2D eigenvalue weighted by Crippen LogP contribution is 2.21. The molecule has 20 heavy (non-hydrogen) atoms. The number of carbonyl (C=O) groups is 2. The van der Waals surface area contributed by atoms with Crippen LogP contribution in [0.25, 0.3) is 0 Å². The molecule has 1 saturated heterocycles. The van der Waals surface area contributed by atoms with Gasteiger partial charge in [0, 0.05) is 6.54 Å². The molecule has 3 unspecified atom stereocenters. The molecule has 0 aromatic heterocycles. The fraction of sp³-hybridized carbons (Fsp3) is 0.875. The lowest BCUT2D eigenvalue weighted by Gasteiger charge is -2.41. The lowest BCUT2D eigenvalue weighted by Crippen LogP contribution is -2.64. The molecule has 0 saturated carbocycles. The molecule has 3 atom stereocenters. The van der Waals surface area contributed by atoms with Gasteiger partial charge in [-0.05, 0) is 30.6 Å². The first-order chi connectivity index (χ1) is 9.27. The van der Waals surface area contributed by atoms with Gasteiger partial charge in [-0.15, -0.1) is 0 Å². The average Bonchev–Trinajstić information content (AvgIpc) is 2.34. The summed E-state index contributed by atoms with van der Waals surface area (Å²) in [6.45, 7) is 13.3. The molecule has 4 heteroatoms. The number of rotatable bonds is 6. The van der Waals surface area contributed by atoms with Crippen LogP contribution in [0.2, 0.25) is 0 Å². The van der Waals surface area contributed by atoms with E-state index in [0.29, 0.717) is 37.1 Å². The van der Waals surface area contributed by atoms with E-state index in [1.54, 1.807) is 0 Å². The van der Waals surface area contributed by atoms with Gasteiger partial charge in [0.2, 0.25) is 11.8 Å². The summed E-state index contributed by atoms with van der Waals surface area (Å²) in [5, 5.41) is 2.90. The fourth-order valence-corrected chi connectivity index (χ4v) is 2.60. The summed E-state index contributed by atoms with van der Waals surface area (Å²) in [6.07, 6.45) is 1.39. The third-order valence-corrected chi connectivity index (χ3v) is 4.29. The van der Waals surface area contributed by atoms with E-state index in [-0.39, 0.29) is 23.9 Å². The molecule has 1 aliphatic heterocycles. The number of piperazine rings is 1. The van der Waals surface area contributed by atoms with Crippen molar-refractivity contribution in [3.05, 3.63) is 0 Å². The van der Waals surface area contributed by atoms with E-state index in [1.165, 1.54) is 0 Å². The normalized spacial score (nSPS) is 25.3. The standard InChI is InChI=1S/C16H30N2O2/c1-7-14-15(19)17-13(8-10(2)3)16(20)18(14)9-12(6)11(4)5/h10-14H,7-9H2,1-6H3,(H,17,19). The molecule has 1 heterocycles. The van der Waals surface area contributed by atoms with Crippen molar-refractivity contribution in [3.63, 3.8) is 0 Å². The Morgan fingerprint density at radius 1 is 1.15 bits per heavy atom. The van der Waals surface area contributed by atoms with Gasteiger partial charge in [0.05, 0.1) is 0 Å². The average molecular weight is 282 g/mol. The number of hydrogen-bond acceptors (Lipinski definition) is 2. The molecule has 1 N–H and O–H groups in total. The minimum absolute atomic E-state index is 0.00806. The van der Waals surface area contributed by atoms with E-state index >= 15 is 0 Å². The van der Waals surface area contributed by atoms with Crippen molar-refractivity contribution in [2.24, 2.45) is 17.8 Å². The molecule has 0 bridgehead atoms. The maximum Gasteiger partial charge on any atom is 0.245 e. The highest BCUT2D eigenvalue weighted by Gasteiger charge is 2.40. The van der Waals surface area contributed by atoms with Crippen LogP contribution in [0.5, 0.6) is 0 Å². The van der Waals surface area contributed by atoms with Crippen LogP contribution in [0, 0.1) is 17.8 Å². The first kappa shape index (κ1) is 17.0. The van der Waals surface area contributed by atoms with Crippen LogP contribution in [0.1, 0.15) is 54.4 Å². The second-order valence-electron chi connectivity index (χ2n) is 6.83. The Morgan fingerprint density at radius 3 is 2.20 bits per heavy atom. The van der Waals surface area contributed by atoms with E-state index in [0.717, 1.165) is 0 Å². The van der Waals surface area contributed by atoms with Gasteiger partial charge < -0.3 is 10.2 Å². The van der Waals surface area contributed by atoms with Crippen LogP contribution in [0.15, 0.2) is 0 Å². The number of carbonyl (C=O) groups excluding carboxylic acids is 2. The van der Waals surface area contributed by atoms with E-state index in [4.69, 9.17) is 0 Å². The summed E-state index contributed by atoms with van der Waals surface area (Å²) in [5.74, 6) is 1.41. The molecule has 0 aromatic carbocycles. The fourth-order valence-electron chi connectivity index (χ4n) is 2.60. The van der Waals surface area contributed by atoms with Crippen molar-refractivity contribution >= 4 is 11.8 Å². The maximum atomic E-state index is 12.6. The van der Waals surface area contributed by atoms with Gasteiger partial charge in [-0.3, -0.25) is 9.59 Å². The van der Waals surface area contributed by atoms with Gasteiger partial charge >= 0.3 is 0 Å². The minimum atomic E-state index is -0.343. The zero-order valence-corrected chi connectivity index (χ0v) is 13.8. The van der Waals surface area contributed by atoms with Crippen LogP contribution in [-0.4, -0.2) is 35.3 Å². The Balaban J connectivity index is 2.88. The molecule has 0 aromatic rings. The van der Waals surface area contributed by atoms with Gasteiger partial charge in [-0.1, -0.05) is 41.5 Å². The summed E-state index contributed by atoms with van der Waals surface area (Å²) in [7, 11) is 0. The molecule has 116 valence electrons. The van der Waals surface area contributed by atoms with Gasteiger partial charge in [-0.2, -0.15) is 0 Å². The monoisotopic (exact) mass is 282 g/mol. The SMILES string of the molecule is CCC1C(=O)NC(CC(C)C)C(=O)N1CC(C)C(C)C. The third-order valence-electron chi connectivity index (χ3n) is 4.29. The Morgan fingerprint density at radius 2 is 1.75 bits per heavy atom. The second kappa shape index (κ2) is 7.09. The second-order valence-corrected chi connectivity index (χ2v) is 6.83. The summed E-state index contributed by atoms with van der Waals surface area (Å²) < 4.78 is 0. The van der Waals surface area contributed by atoms with Crippen molar-refractivity contribution in [1.29, 1.82) is 0 Å². The zero-order valence-electron chi connectivity index (χ0n) is 13.8. The molecular formula is C16H30N2O2. The number of nitrogens with one attached hydrogen (secondary N) is 1. The largest absolute Gasteiger partial charge is 0.342 e. The Kier molecular flexibility index (Phi) is 6.03. The lowest BCUT2D eigenvalue weighted by atomic mass is 9.93. The summed E-state index contributed by atoms with van der Waals surface area (Å²) in [5.41, 5.74) is 0. The molecule has 2 amide bonds. The quantitative estimate of drug-likeness (QED) is 0.813. The summed E-state index contributed by atoms with van der Waals surface area (Å²) in [6, 6.07) is -0.642. The predicted octanol–water partition coefficient (Wildman–Crippen LogP) is 2.43. The Labute approximate surface area is 123 Å². The highest BCUT2D eigenvalue weighted by molar-refractivity contribution is 5.96. The molecular weight excluding hydrogens is 252 g/mol. The van der Waals surface area contributed by atoms with Crippen LogP contribution < -0.4 is 5.32 Å². The molecule has 1 fully saturated rings. The molecule has 0 radical (unpaired) electrons. The Bertz CT molecular complexity index is 352. The third kappa shape index (κ3) is 3.97. The number of nitrogens with zero attached hydrogens (tertiary/aromatic N) is 1.